The highest BCUT2D eigenvalue weighted by Gasteiger charge is 2.19. The van der Waals surface area contributed by atoms with Crippen LogP contribution in [0.5, 0.6) is 0 Å². The molecule has 0 saturated heterocycles. The molecule has 6 nitrogen and oxygen atoms in total. The van der Waals surface area contributed by atoms with Crippen LogP contribution in [-0.4, -0.2) is 32.1 Å². The maximum Gasteiger partial charge on any atom is 0.528 e. The van der Waals surface area contributed by atoms with Crippen LogP contribution in [0, 0.1) is 11.3 Å². The molecule has 3 rings (SSSR count). The SMILES string of the molecule is N#Cc1ccc(-c2nc(B(O)O)nc(-c3ccccc3)n2)cc1. The summed E-state index contributed by atoms with van der Waals surface area (Å²) in [6, 6.07) is 18.0. The standard InChI is InChI=1S/C16H11BN4O2/c18-10-11-6-8-13(9-7-11)15-19-14(12-4-2-1-3-5-12)20-16(21-15)17(22)23/h1-9,22-23H. The molecule has 0 bridgehead atoms. The van der Waals surface area contributed by atoms with Crippen LogP contribution in [0.2, 0.25) is 0 Å². The zero-order valence-corrected chi connectivity index (χ0v) is 12.0. The van der Waals surface area contributed by atoms with Gasteiger partial charge in [0.15, 0.2) is 17.4 Å². The van der Waals surface area contributed by atoms with E-state index in [1.165, 1.54) is 0 Å². The molecule has 7 heteroatoms. The summed E-state index contributed by atoms with van der Waals surface area (Å²) in [7, 11) is -1.79. The molecular formula is C16H11BN4O2. The van der Waals surface area contributed by atoms with Crippen LogP contribution in [-0.2, 0) is 0 Å². The van der Waals surface area contributed by atoms with Gasteiger partial charge in [-0.3, -0.25) is 0 Å². The number of nitriles is 1. The van der Waals surface area contributed by atoms with Gasteiger partial charge in [0.1, 0.15) is 0 Å². The molecule has 0 aliphatic heterocycles. The van der Waals surface area contributed by atoms with Gasteiger partial charge in [-0.15, -0.1) is 0 Å². The van der Waals surface area contributed by atoms with Crippen LogP contribution in [0.4, 0.5) is 0 Å². The molecule has 3 aromatic rings. The number of aromatic nitrogens is 3. The van der Waals surface area contributed by atoms with Crippen LogP contribution in [0.15, 0.2) is 54.6 Å². The Morgan fingerprint density at radius 1 is 0.783 bits per heavy atom. The zero-order valence-electron chi connectivity index (χ0n) is 12.0. The number of nitrogens with zero attached hydrogens (tertiary/aromatic N) is 4. The molecule has 0 unspecified atom stereocenters. The van der Waals surface area contributed by atoms with Crippen molar-refractivity contribution in [2.24, 2.45) is 0 Å². The molecule has 0 amide bonds. The lowest BCUT2D eigenvalue weighted by molar-refractivity contribution is 0.422. The quantitative estimate of drug-likeness (QED) is 0.692. The first-order valence-electron chi connectivity index (χ1n) is 6.85. The average Bonchev–Trinajstić information content (AvgIpc) is 2.62. The highest BCUT2D eigenvalue weighted by atomic mass is 16.4. The van der Waals surface area contributed by atoms with Crippen molar-refractivity contribution in [1.82, 2.24) is 15.0 Å². The molecule has 2 aromatic carbocycles. The molecule has 0 aliphatic rings. The second kappa shape index (κ2) is 6.36. The number of hydrogen-bond acceptors (Lipinski definition) is 6. The maximum absolute atomic E-state index is 9.41. The lowest BCUT2D eigenvalue weighted by atomic mass is 9.90. The summed E-state index contributed by atoms with van der Waals surface area (Å²) in [6.07, 6.45) is 0. The third kappa shape index (κ3) is 3.24. The van der Waals surface area contributed by atoms with E-state index in [2.05, 4.69) is 15.0 Å². The zero-order chi connectivity index (χ0) is 16.2. The number of benzene rings is 2. The first kappa shape index (κ1) is 14.8. The average molecular weight is 302 g/mol. The Balaban J connectivity index is 2.12. The van der Waals surface area contributed by atoms with Gasteiger partial charge in [-0.2, -0.15) is 5.26 Å². The summed E-state index contributed by atoms with van der Waals surface area (Å²) in [5, 5.41) is 27.7. The molecular weight excluding hydrogens is 291 g/mol. The van der Waals surface area contributed by atoms with Gasteiger partial charge in [0.05, 0.1) is 11.6 Å². The van der Waals surface area contributed by atoms with E-state index in [1.807, 2.05) is 36.4 Å². The van der Waals surface area contributed by atoms with Crippen molar-refractivity contribution in [1.29, 1.82) is 5.26 Å². The minimum atomic E-state index is -1.79. The van der Waals surface area contributed by atoms with Crippen LogP contribution >= 0.6 is 0 Å². The van der Waals surface area contributed by atoms with Crippen molar-refractivity contribution < 1.29 is 10.0 Å². The molecule has 0 spiro atoms. The third-order valence-corrected chi connectivity index (χ3v) is 3.19. The van der Waals surface area contributed by atoms with Crippen LogP contribution in [0.25, 0.3) is 22.8 Å². The van der Waals surface area contributed by atoms with Gasteiger partial charge in [-0.1, -0.05) is 30.3 Å². The van der Waals surface area contributed by atoms with Crippen LogP contribution in [0.1, 0.15) is 5.56 Å². The van der Waals surface area contributed by atoms with E-state index >= 15 is 0 Å². The summed E-state index contributed by atoms with van der Waals surface area (Å²) < 4.78 is 0. The van der Waals surface area contributed by atoms with Crippen LogP contribution < -0.4 is 5.72 Å². The fourth-order valence-electron chi connectivity index (χ4n) is 2.05. The predicted octanol–water partition coefficient (Wildman–Crippen LogP) is 0.757. The summed E-state index contributed by atoms with van der Waals surface area (Å²) in [6.45, 7) is 0. The number of rotatable bonds is 3. The van der Waals surface area contributed by atoms with Gasteiger partial charge >= 0.3 is 7.12 Å². The van der Waals surface area contributed by atoms with E-state index in [9.17, 15) is 10.0 Å². The summed E-state index contributed by atoms with van der Waals surface area (Å²) >= 11 is 0. The smallest absolute Gasteiger partial charge is 0.421 e. The molecule has 110 valence electrons. The van der Waals surface area contributed by atoms with Gasteiger partial charge in [0, 0.05) is 11.1 Å². The van der Waals surface area contributed by atoms with Gasteiger partial charge < -0.3 is 10.0 Å². The van der Waals surface area contributed by atoms with E-state index in [-0.39, 0.29) is 5.72 Å². The molecule has 0 saturated carbocycles. The highest BCUT2D eigenvalue weighted by Crippen LogP contribution is 2.18. The van der Waals surface area contributed by atoms with E-state index in [0.717, 1.165) is 5.56 Å². The lowest BCUT2D eigenvalue weighted by Gasteiger charge is -2.07. The van der Waals surface area contributed by atoms with Crippen molar-refractivity contribution in [3.05, 3.63) is 60.2 Å². The molecule has 23 heavy (non-hydrogen) atoms. The van der Waals surface area contributed by atoms with E-state index < -0.39 is 7.12 Å². The van der Waals surface area contributed by atoms with Crippen molar-refractivity contribution in [2.45, 2.75) is 0 Å². The Labute approximate surface area is 132 Å². The first-order valence-corrected chi connectivity index (χ1v) is 6.85. The minimum Gasteiger partial charge on any atom is -0.421 e. The van der Waals surface area contributed by atoms with Crippen molar-refractivity contribution in [3.8, 4) is 28.8 Å². The molecule has 1 aromatic heterocycles. The second-order valence-corrected chi connectivity index (χ2v) is 4.77. The maximum atomic E-state index is 9.41. The molecule has 0 fully saturated rings. The number of hydrogen-bond donors (Lipinski definition) is 2. The summed E-state index contributed by atoms with van der Waals surface area (Å²) in [4.78, 5) is 12.6. The minimum absolute atomic E-state index is 0.127. The van der Waals surface area contributed by atoms with E-state index in [4.69, 9.17) is 5.26 Å². The van der Waals surface area contributed by atoms with Crippen molar-refractivity contribution in [3.63, 3.8) is 0 Å². The Bertz CT molecular complexity index is 861. The van der Waals surface area contributed by atoms with E-state index in [1.54, 1.807) is 24.3 Å². The van der Waals surface area contributed by atoms with Gasteiger partial charge in [0.25, 0.3) is 0 Å². The lowest BCUT2D eigenvalue weighted by Crippen LogP contribution is -2.36. The second-order valence-electron chi connectivity index (χ2n) is 4.77. The summed E-state index contributed by atoms with van der Waals surface area (Å²) in [5.41, 5.74) is 1.80. The predicted molar refractivity (Wildman–Crippen MR) is 85.2 cm³/mol. The largest absolute Gasteiger partial charge is 0.528 e. The van der Waals surface area contributed by atoms with Gasteiger partial charge in [-0.25, -0.2) is 15.0 Å². The molecule has 0 radical (unpaired) electrons. The van der Waals surface area contributed by atoms with E-state index in [0.29, 0.717) is 22.8 Å². The topological polar surface area (TPSA) is 103 Å². The Hall–Kier alpha value is -3.08. The normalized spacial score (nSPS) is 10.1. The third-order valence-electron chi connectivity index (χ3n) is 3.19. The first-order chi connectivity index (χ1) is 11.2. The monoisotopic (exact) mass is 302 g/mol. The fraction of sp³-hybridized carbons (Fsp3) is 0. The van der Waals surface area contributed by atoms with Crippen molar-refractivity contribution in [2.75, 3.05) is 0 Å². The Morgan fingerprint density at radius 3 is 1.87 bits per heavy atom. The highest BCUT2D eigenvalue weighted by molar-refractivity contribution is 6.56. The summed E-state index contributed by atoms with van der Waals surface area (Å²) in [5.74, 6) is 0.662. The van der Waals surface area contributed by atoms with Crippen molar-refractivity contribution >= 4 is 12.8 Å². The molecule has 0 aliphatic carbocycles. The Morgan fingerprint density at radius 2 is 1.35 bits per heavy atom. The molecule has 2 N–H and O–H groups in total. The van der Waals surface area contributed by atoms with Gasteiger partial charge in [-0.05, 0) is 24.3 Å². The molecule has 0 atom stereocenters. The Kier molecular flexibility index (Phi) is 4.10. The van der Waals surface area contributed by atoms with Crippen LogP contribution in [0.3, 0.4) is 0 Å². The molecule has 1 heterocycles. The fourth-order valence-corrected chi connectivity index (χ4v) is 2.05. The van der Waals surface area contributed by atoms with Gasteiger partial charge in [0.2, 0.25) is 0 Å².